The number of amides is 1. The van der Waals surface area contributed by atoms with Crippen LogP contribution in [0.15, 0.2) is 36.4 Å². The van der Waals surface area contributed by atoms with Gasteiger partial charge in [-0.3, -0.25) is 4.79 Å². The van der Waals surface area contributed by atoms with Crippen LogP contribution in [0.25, 0.3) is 0 Å². The lowest BCUT2D eigenvalue weighted by molar-refractivity contribution is 0.0301. The lowest BCUT2D eigenvalue weighted by Crippen LogP contribution is -2.40. The van der Waals surface area contributed by atoms with E-state index < -0.39 is 0 Å². The number of nitrogens with one attached hydrogen (secondary N) is 1. The van der Waals surface area contributed by atoms with Crippen molar-refractivity contribution in [1.82, 2.24) is 4.90 Å². The smallest absolute Gasteiger partial charge is 0.257 e. The molecule has 0 spiro atoms. The third kappa shape index (κ3) is 3.95. The van der Waals surface area contributed by atoms with E-state index in [-0.39, 0.29) is 35.3 Å². The van der Waals surface area contributed by atoms with Crippen molar-refractivity contribution >= 4 is 11.6 Å². The molecule has 0 aliphatic carbocycles. The van der Waals surface area contributed by atoms with Crippen LogP contribution in [0.4, 0.5) is 5.69 Å². The molecule has 0 atom stereocenters. The summed E-state index contributed by atoms with van der Waals surface area (Å²) < 4.78 is 5.24. The molecule has 1 fully saturated rings. The Hall–Kier alpha value is -2.93. The number of carbonyl (C=O) groups is 1. The molecule has 1 amide bonds. The molecule has 1 aliphatic heterocycles. The largest absolute Gasteiger partial charge is 0.508 e. The van der Waals surface area contributed by atoms with Gasteiger partial charge in [-0.15, -0.1) is 0 Å². The quantitative estimate of drug-likeness (QED) is 0.632. The number of anilines is 1. The number of hydrogen-bond donors (Lipinski definition) is 4. The van der Waals surface area contributed by atoms with Crippen LogP contribution in [0.3, 0.4) is 0 Å². The fraction of sp³-hybridized carbons (Fsp3) is 0.278. The maximum absolute atomic E-state index is 12.6. The summed E-state index contributed by atoms with van der Waals surface area (Å²) in [4.78, 5) is 14.2. The topological polar surface area (TPSA) is 102 Å². The highest BCUT2D eigenvalue weighted by atomic mass is 16.5. The van der Waals surface area contributed by atoms with Gasteiger partial charge in [0.1, 0.15) is 17.2 Å². The Kier molecular flexibility index (Phi) is 4.95. The van der Waals surface area contributed by atoms with E-state index in [9.17, 15) is 20.1 Å². The molecular formula is C18H20N2O5. The van der Waals surface area contributed by atoms with Gasteiger partial charge in [-0.25, -0.2) is 0 Å². The van der Waals surface area contributed by atoms with Crippen LogP contribution >= 0.6 is 0 Å². The molecular weight excluding hydrogens is 324 g/mol. The number of benzene rings is 2. The number of hydrogen-bond acceptors (Lipinski definition) is 6. The third-order valence-corrected chi connectivity index (χ3v) is 4.07. The highest BCUT2D eigenvalue weighted by molar-refractivity contribution is 5.97. The highest BCUT2D eigenvalue weighted by Crippen LogP contribution is 2.26. The van der Waals surface area contributed by atoms with Crippen molar-refractivity contribution in [2.75, 3.05) is 31.6 Å². The number of rotatable bonds is 4. The van der Waals surface area contributed by atoms with Crippen molar-refractivity contribution in [3.8, 4) is 17.2 Å². The van der Waals surface area contributed by atoms with Crippen LogP contribution in [0.2, 0.25) is 0 Å². The summed E-state index contributed by atoms with van der Waals surface area (Å²) in [7, 11) is 0. The molecule has 1 aliphatic rings. The van der Waals surface area contributed by atoms with Crippen LogP contribution < -0.4 is 5.32 Å². The molecule has 0 radical (unpaired) electrons. The molecule has 0 bridgehead atoms. The van der Waals surface area contributed by atoms with E-state index in [1.807, 2.05) is 0 Å². The van der Waals surface area contributed by atoms with Crippen molar-refractivity contribution in [3.63, 3.8) is 0 Å². The molecule has 7 heteroatoms. The Morgan fingerprint density at radius 1 is 1.04 bits per heavy atom. The zero-order valence-corrected chi connectivity index (χ0v) is 13.6. The van der Waals surface area contributed by atoms with E-state index in [1.165, 1.54) is 24.3 Å². The fourth-order valence-electron chi connectivity index (χ4n) is 2.66. The number of ether oxygens (including phenoxy) is 1. The van der Waals surface area contributed by atoms with Gasteiger partial charge in [0.15, 0.2) is 0 Å². The van der Waals surface area contributed by atoms with Crippen molar-refractivity contribution in [2.45, 2.75) is 6.54 Å². The van der Waals surface area contributed by atoms with E-state index in [2.05, 4.69) is 5.32 Å². The first-order chi connectivity index (χ1) is 12.0. The predicted octanol–water partition coefficient (Wildman–Crippen LogP) is 1.89. The molecule has 0 saturated carbocycles. The Balaban J connectivity index is 1.74. The van der Waals surface area contributed by atoms with Gasteiger partial charge in [-0.05, 0) is 36.4 Å². The van der Waals surface area contributed by atoms with Gasteiger partial charge in [0.2, 0.25) is 0 Å². The third-order valence-electron chi connectivity index (χ3n) is 4.07. The summed E-state index contributed by atoms with van der Waals surface area (Å²) >= 11 is 0. The van der Waals surface area contributed by atoms with Gasteiger partial charge < -0.3 is 30.3 Å². The Morgan fingerprint density at radius 3 is 2.52 bits per heavy atom. The maximum Gasteiger partial charge on any atom is 0.257 e. The minimum atomic E-state index is -0.246. The second kappa shape index (κ2) is 7.31. The lowest BCUT2D eigenvalue weighted by atomic mass is 10.1. The van der Waals surface area contributed by atoms with Gasteiger partial charge in [-0.2, -0.15) is 0 Å². The van der Waals surface area contributed by atoms with Crippen LogP contribution in [-0.2, 0) is 11.3 Å². The average molecular weight is 344 g/mol. The average Bonchev–Trinajstić information content (AvgIpc) is 2.63. The Morgan fingerprint density at radius 2 is 1.76 bits per heavy atom. The molecule has 0 unspecified atom stereocenters. The normalized spacial score (nSPS) is 14.3. The summed E-state index contributed by atoms with van der Waals surface area (Å²) in [5.74, 6) is -0.205. The minimum absolute atomic E-state index is 0.0588. The fourth-order valence-corrected chi connectivity index (χ4v) is 2.66. The summed E-state index contributed by atoms with van der Waals surface area (Å²) in [6, 6.07) is 8.95. The Bertz CT molecular complexity index is 772. The molecule has 4 N–H and O–H groups in total. The molecule has 1 heterocycles. The monoisotopic (exact) mass is 344 g/mol. The minimum Gasteiger partial charge on any atom is -0.508 e. The second-order valence-corrected chi connectivity index (χ2v) is 5.80. The number of morpholine rings is 1. The number of phenolic OH excluding ortho intramolecular Hbond substituents is 3. The molecule has 132 valence electrons. The first kappa shape index (κ1) is 16.9. The van der Waals surface area contributed by atoms with E-state index in [4.69, 9.17) is 4.74 Å². The lowest BCUT2D eigenvalue weighted by Gasteiger charge is -2.27. The first-order valence-electron chi connectivity index (χ1n) is 7.99. The van der Waals surface area contributed by atoms with Crippen molar-refractivity contribution in [2.24, 2.45) is 0 Å². The van der Waals surface area contributed by atoms with Gasteiger partial charge in [-0.1, -0.05) is 0 Å². The molecule has 7 nitrogen and oxygen atoms in total. The van der Waals surface area contributed by atoms with Crippen LogP contribution in [0.1, 0.15) is 15.9 Å². The molecule has 0 aromatic heterocycles. The predicted molar refractivity (Wildman–Crippen MR) is 91.9 cm³/mol. The van der Waals surface area contributed by atoms with E-state index >= 15 is 0 Å². The second-order valence-electron chi connectivity index (χ2n) is 5.80. The SMILES string of the molecule is O=C(c1cc(NCc2cc(O)ccc2O)ccc1O)N1CCOCC1. The first-order valence-corrected chi connectivity index (χ1v) is 7.99. The summed E-state index contributed by atoms with van der Waals surface area (Å²) in [5.41, 5.74) is 1.36. The van der Waals surface area contributed by atoms with Crippen molar-refractivity contribution in [1.29, 1.82) is 0 Å². The maximum atomic E-state index is 12.6. The highest BCUT2D eigenvalue weighted by Gasteiger charge is 2.21. The van der Waals surface area contributed by atoms with Crippen molar-refractivity contribution in [3.05, 3.63) is 47.5 Å². The van der Waals surface area contributed by atoms with E-state index in [1.54, 1.807) is 17.0 Å². The molecule has 3 rings (SSSR count). The van der Waals surface area contributed by atoms with E-state index in [0.29, 0.717) is 37.6 Å². The molecule has 2 aromatic carbocycles. The molecule has 25 heavy (non-hydrogen) atoms. The number of nitrogens with zero attached hydrogens (tertiary/aromatic N) is 1. The number of carbonyl (C=O) groups excluding carboxylic acids is 1. The van der Waals surface area contributed by atoms with Gasteiger partial charge in [0, 0.05) is 30.9 Å². The molecule has 2 aromatic rings. The van der Waals surface area contributed by atoms with Gasteiger partial charge >= 0.3 is 0 Å². The summed E-state index contributed by atoms with van der Waals surface area (Å²) in [5, 5.41) is 32.4. The van der Waals surface area contributed by atoms with E-state index in [0.717, 1.165) is 0 Å². The summed E-state index contributed by atoms with van der Waals surface area (Å²) in [6.45, 7) is 2.22. The zero-order valence-electron chi connectivity index (χ0n) is 13.6. The van der Waals surface area contributed by atoms with Crippen LogP contribution in [-0.4, -0.2) is 52.4 Å². The van der Waals surface area contributed by atoms with Gasteiger partial charge in [0.25, 0.3) is 5.91 Å². The van der Waals surface area contributed by atoms with Gasteiger partial charge in [0.05, 0.1) is 18.8 Å². The summed E-state index contributed by atoms with van der Waals surface area (Å²) in [6.07, 6.45) is 0. The number of phenols is 3. The number of aromatic hydroxyl groups is 3. The molecule has 1 saturated heterocycles. The van der Waals surface area contributed by atoms with Crippen LogP contribution in [0.5, 0.6) is 17.2 Å². The zero-order chi connectivity index (χ0) is 17.8. The Labute approximate surface area is 145 Å². The van der Waals surface area contributed by atoms with Crippen molar-refractivity contribution < 1.29 is 24.9 Å². The standard InChI is InChI=1S/C18H20N2O5/c21-14-2-4-16(22)12(9-14)11-19-13-1-3-17(23)15(10-13)18(24)20-5-7-25-8-6-20/h1-4,9-10,19,21-23H,5-8,11H2. The van der Waals surface area contributed by atoms with Crippen LogP contribution in [0, 0.1) is 0 Å².